The molecule has 3 nitrogen and oxygen atoms in total. The Bertz CT molecular complexity index is 244. The molecule has 0 aliphatic carbocycles. The van der Waals surface area contributed by atoms with Crippen molar-refractivity contribution in [3.05, 3.63) is 0 Å². The predicted octanol–water partition coefficient (Wildman–Crippen LogP) is 5.66. The van der Waals surface area contributed by atoms with Gasteiger partial charge in [0.25, 0.3) is 0 Å². The Hall–Kier alpha value is -0.570. The molecular formula is C19H39NO2. The lowest BCUT2D eigenvalue weighted by Crippen LogP contribution is -2.29. The van der Waals surface area contributed by atoms with Crippen molar-refractivity contribution in [2.75, 3.05) is 0 Å². The Balaban J connectivity index is 3.04. The Morgan fingerprint density at radius 2 is 1.05 bits per heavy atom. The van der Waals surface area contributed by atoms with Crippen LogP contribution >= 0.6 is 0 Å². The minimum absolute atomic E-state index is 0.619. The first-order chi connectivity index (χ1) is 10.7. The molecule has 132 valence electrons. The molecule has 0 heterocycles. The maximum Gasteiger partial charge on any atom is 0.320 e. The quantitative estimate of drug-likeness (QED) is 0.340. The first-order valence-corrected chi connectivity index (χ1v) is 9.67. The van der Waals surface area contributed by atoms with Gasteiger partial charge in [-0.15, -0.1) is 0 Å². The van der Waals surface area contributed by atoms with Gasteiger partial charge in [-0.25, -0.2) is 0 Å². The van der Waals surface area contributed by atoms with E-state index in [1.54, 1.807) is 0 Å². The zero-order valence-electron chi connectivity index (χ0n) is 14.8. The average molecular weight is 314 g/mol. The fourth-order valence-corrected chi connectivity index (χ4v) is 2.86. The molecule has 0 saturated carbocycles. The highest BCUT2D eigenvalue weighted by atomic mass is 16.4. The number of hydrogen-bond acceptors (Lipinski definition) is 2. The monoisotopic (exact) mass is 313 g/mol. The highest BCUT2D eigenvalue weighted by Crippen LogP contribution is 2.13. The molecule has 0 rings (SSSR count). The second-order valence-electron chi connectivity index (χ2n) is 6.68. The molecular weight excluding hydrogens is 274 g/mol. The van der Waals surface area contributed by atoms with Crippen LogP contribution in [-0.4, -0.2) is 17.1 Å². The van der Waals surface area contributed by atoms with Crippen LogP contribution < -0.4 is 5.73 Å². The number of rotatable bonds is 17. The van der Waals surface area contributed by atoms with Crippen molar-refractivity contribution in [3.8, 4) is 0 Å². The average Bonchev–Trinajstić information content (AvgIpc) is 2.50. The molecule has 3 N–H and O–H groups in total. The van der Waals surface area contributed by atoms with E-state index in [-0.39, 0.29) is 0 Å². The summed E-state index contributed by atoms with van der Waals surface area (Å²) >= 11 is 0. The molecule has 0 bridgehead atoms. The maximum atomic E-state index is 10.6. The van der Waals surface area contributed by atoms with E-state index >= 15 is 0 Å². The predicted molar refractivity (Wildman–Crippen MR) is 95.2 cm³/mol. The van der Waals surface area contributed by atoms with Crippen LogP contribution in [0.25, 0.3) is 0 Å². The molecule has 0 aliphatic rings. The van der Waals surface area contributed by atoms with E-state index in [9.17, 15) is 4.79 Å². The van der Waals surface area contributed by atoms with E-state index in [1.807, 2.05) is 0 Å². The summed E-state index contributed by atoms with van der Waals surface area (Å²) in [7, 11) is 0. The largest absolute Gasteiger partial charge is 0.480 e. The van der Waals surface area contributed by atoms with Crippen molar-refractivity contribution in [1.29, 1.82) is 0 Å². The lowest BCUT2D eigenvalue weighted by molar-refractivity contribution is -0.138. The van der Waals surface area contributed by atoms with Crippen LogP contribution in [0.4, 0.5) is 0 Å². The molecule has 0 saturated heterocycles. The van der Waals surface area contributed by atoms with E-state index in [0.717, 1.165) is 12.8 Å². The summed E-state index contributed by atoms with van der Waals surface area (Å²) in [4.78, 5) is 10.6. The van der Waals surface area contributed by atoms with E-state index in [4.69, 9.17) is 10.8 Å². The van der Waals surface area contributed by atoms with Gasteiger partial charge in [0, 0.05) is 0 Å². The Kier molecular flexibility index (Phi) is 16.4. The van der Waals surface area contributed by atoms with Crippen molar-refractivity contribution in [1.82, 2.24) is 0 Å². The number of unbranched alkanes of at least 4 members (excludes halogenated alkanes) is 14. The summed E-state index contributed by atoms with van der Waals surface area (Å²) in [5.41, 5.74) is 5.47. The lowest BCUT2D eigenvalue weighted by atomic mass is 10.0. The Morgan fingerprint density at radius 3 is 1.36 bits per heavy atom. The smallest absolute Gasteiger partial charge is 0.320 e. The van der Waals surface area contributed by atoms with Gasteiger partial charge in [-0.1, -0.05) is 103 Å². The van der Waals surface area contributed by atoms with Crippen molar-refractivity contribution < 1.29 is 9.90 Å². The fourth-order valence-electron chi connectivity index (χ4n) is 2.86. The first kappa shape index (κ1) is 21.4. The van der Waals surface area contributed by atoms with Gasteiger partial charge < -0.3 is 10.8 Å². The highest BCUT2D eigenvalue weighted by molar-refractivity contribution is 5.72. The van der Waals surface area contributed by atoms with Crippen molar-refractivity contribution in [3.63, 3.8) is 0 Å². The molecule has 0 radical (unpaired) electrons. The molecule has 0 aromatic carbocycles. The number of nitrogens with two attached hydrogens (primary N) is 1. The second kappa shape index (κ2) is 16.8. The zero-order chi connectivity index (χ0) is 16.5. The van der Waals surface area contributed by atoms with Gasteiger partial charge in [0.15, 0.2) is 0 Å². The third kappa shape index (κ3) is 15.8. The zero-order valence-corrected chi connectivity index (χ0v) is 14.8. The third-order valence-corrected chi connectivity index (χ3v) is 4.44. The standard InChI is InChI=1S/C19H39NO2/c1-2-3-4-5-6-7-8-9-10-11-12-13-14-15-16-17-18(20)19(21)22/h18H,2-17,20H2,1H3,(H,21,22). The summed E-state index contributed by atoms with van der Waals surface area (Å²) in [6.07, 6.45) is 20.6. The summed E-state index contributed by atoms with van der Waals surface area (Å²) in [6, 6.07) is -0.665. The molecule has 0 spiro atoms. The number of carboxylic acid groups (broad SMARTS) is 1. The van der Waals surface area contributed by atoms with Crippen LogP contribution in [0.1, 0.15) is 110 Å². The Labute approximate surface area is 138 Å². The van der Waals surface area contributed by atoms with E-state index in [0.29, 0.717) is 6.42 Å². The SMILES string of the molecule is CCCCCCCCCCCCCCCCCC(N)C(=O)O. The number of hydrogen-bond donors (Lipinski definition) is 2. The van der Waals surface area contributed by atoms with Crippen LogP contribution in [0.2, 0.25) is 0 Å². The van der Waals surface area contributed by atoms with Crippen LogP contribution in [0.3, 0.4) is 0 Å². The van der Waals surface area contributed by atoms with Gasteiger partial charge in [-0.05, 0) is 6.42 Å². The topological polar surface area (TPSA) is 63.3 Å². The maximum absolute atomic E-state index is 10.6. The molecule has 0 fully saturated rings. The van der Waals surface area contributed by atoms with E-state index < -0.39 is 12.0 Å². The third-order valence-electron chi connectivity index (χ3n) is 4.44. The van der Waals surface area contributed by atoms with E-state index in [2.05, 4.69) is 6.92 Å². The summed E-state index contributed by atoms with van der Waals surface area (Å²) in [5, 5.41) is 8.67. The van der Waals surface area contributed by atoms with Gasteiger partial charge >= 0.3 is 5.97 Å². The normalized spacial score (nSPS) is 12.5. The number of carbonyl (C=O) groups is 1. The molecule has 1 atom stereocenters. The molecule has 0 aromatic rings. The molecule has 0 aliphatic heterocycles. The second-order valence-corrected chi connectivity index (χ2v) is 6.68. The van der Waals surface area contributed by atoms with Gasteiger partial charge in [0.2, 0.25) is 0 Å². The molecule has 22 heavy (non-hydrogen) atoms. The van der Waals surface area contributed by atoms with Gasteiger partial charge in [0.05, 0.1) is 0 Å². The van der Waals surface area contributed by atoms with Gasteiger partial charge in [-0.2, -0.15) is 0 Å². The van der Waals surface area contributed by atoms with Crippen LogP contribution in [0, 0.1) is 0 Å². The number of aliphatic carboxylic acids is 1. The molecule has 3 heteroatoms. The van der Waals surface area contributed by atoms with Crippen LogP contribution in [0.15, 0.2) is 0 Å². The Morgan fingerprint density at radius 1 is 0.727 bits per heavy atom. The lowest BCUT2D eigenvalue weighted by Gasteiger charge is -2.06. The minimum Gasteiger partial charge on any atom is -0.480 e. The molecule has 0 aromatic heterocycles. The highest BCUT2D eigenvalue weighted by Gasteiger charge is 2.09. The first-order valence-electron chi connectivity index (χ1n) is 9.67. The summed E-state index contributed by atoms with van der Waals surface area (Å²) in [6.45, 7) is 2.27. The van der Waals surface area contributed by atoms with Gasteiger partial charge in [0.1, 0.15) is 6.04 Å². The van der Waals surface area contributed by atoms with E-state index in [1.165, 1.54) is 83.5 Å². The summed E-state index contributed by atoms with van der Waals surface area (Å²) in [5.74, 6) is -0.870. The van der Waals surface area contributed by atoms with Crippen LogP contribution in [0.5, 0.6) is 0 Å². The van der Waals surface area contributed by atoms with Crippen molar-refractivity contribution in [2.45, 2.75) is 116 Å². The molecule has 0 amide bonds. The minimum atomic E-state index is -0.870. The van der Waals surface area contributed by atoms with Crippen molar-refractivity contribution >= 4 is 5.97 Å². The molecule has 1 unspecified atom stereocenters. The fraction of sp³-hybridized carbons (Fsp3) is 0.947. The van der Waals surface area contributed by atoms with Crippen molar-refractivity contribution in [2.24, 2.45) is 5.73 Å². The summed E-state index contributed by atoms with van der Waals surface area (Å²) < 4.78 is 0. The van der Waals surface area contributed by atoms with Gasteiger partial charge in [-0.3, -0.25) is 4.79 Å². The number of carboxylic acids is 1. The van der Waals surface area contributed by atoms with Crippen LogP contribution in [-0.2, 0) is 4.79 Å².